The van der Waals surface area contributed by atoms with Crippen LogP contribution >= 0.6 is 11.8 Å². The van der Waals surface area contributed by atoms with Crippen LogP contribution in [0.3, 0.4) is 0 Å². The van der Waals surface area contributed by atoms with Gasteiger partial charge in [0.05, 0.1) is 17.2 Å². The van der Waals surface area contributed by atoms with Crippen LogP contribution in [0.4, 0.5) is 4.79 Å². The summed E-state index contributed by atoms with van der Waals surface area (Å²) in [6, 6.07) is 7.35. The second kappa shape index (κ2) is 9.14. The van der Waals surface area contributed by atoms with Crippen LogP contribution in [0.2, 0.25) is 0 Å². The predicted octanol–water partition coefficient (Wildman–Crippen LogP) is 4.95. The molecule has 164 valence electrons. The molecule has 0 radical (unpaired) electrons. The van der Waals surface area contributed by atoms with Crippen LogP contribution in [0, 0.1) is 20.8 Å². The minimum Gasteiger partial charge on any atom is -0.464 e. The molecule has 1 atom stereocenters. The molecule has 0 unspecified atom stereocenters. The maximum atomic E-state index is 12.9. The van der Waals surface area contributed by atoms with E-state index in [-0.39, 0.29) is 6.61 Å². The molecule has 2 heterocycles. The van der Waals surface area contributed by atoms with Crippen molar-refractivity contribution in [3.63, 3.8) is 0 Å². The fourth-order valence-electron chi connectivity index (χ4n) is 3.93. The van der Waals surface area contributed by atoms with Gasteiger partial charge in [-0.1, -0.05) is 25.1 Å². The summed E-state index contributed by atoms with van der Waals surface area (Å²) in [5, 5.41) is -0.460. The quantitative estimate of drug-likeness (QED) is 0.469. The van der Waals surface area contributed by atoms with Gasteiger partial charge in [0.25, 0.3) is 11.1 Å². The average Bonchev–Trinajstić information content (AvgIpc) is 3.16. The summed E-state index contributed by atoms with van der Waals surface area (Å²) in [6.45, 7) is 11.7. The molecule has 0 N–H and O–H groups in total. The molecule has 7 heteroatoms. The first-order valence-electron chi connectivity index (χ1n) is 10.4. The number of nitrogens with zero attached hydrogens (tertiary/aromatic N) is 2. The van der Waals surface area contributed by atoms with Gasteiger partial charge < -0.3 is 9.30 Å². The average molecular weight is 441 g/mol. The number of carbonyl (C=O) groups is 3. The molecular weight excluding hydrogens is 412 g/mol. The number of aryl methyl sites for hydroxylation is 3. The smallest absolute Gasteiger partial charge is 0.329 e. The fraction of sp³-hybridized carbons (Fsp3) is 0.375. The summed E-state index contributed by atoms with van der Waals surface area (Å²) in [5.41, 5.74) is 6.49. The maximum Gasteiger partial charge on any atom is 0.329 e. The Morgan fingerprint density at radius 3 is 2.55 bits per heavy atom. The van der Waals surface area contributed by atoms with Crippen LogP contribution in [-0.2, 0) is 20.7 Å². The lowest BCUT2D eigenvalue weighted by Crippen LogP contribution is -2.42. The number of amides is 2. The van der Waals surface area contributed by atoms with Gasteiger partial charge in [-0.2, -0.15) is 0 Å². The second-order valence-electron chi connectivity index (χ2n) is 7.58. The topological polar surface area (TPSA) is 68.6 Å². The largest absolute Gasteiger partial charge is 0.464 e. The Bertz CT molecular complexity index is 1080. The van der Waals surface area contributed by atoms with E-state index < -0.39 is 23.2 Å². The van der Waals surface area contributed by atoms with E-state index in [1.54, 1.807) is 13.0 Å². The van der Waals surface area contributed by atoms with Crippen molar-refractivity contribution in [2.24, 2.45) is 0 Å². The number of imide groups is 1. The van der Waals surface area contributed by atoms with E-state index in [0.29, 0.717) is 4.91 Å². The number of hydrogen-bond acceptors (Lipinski definition) is 5. The Kier molecular flexibility index (Phi) is 6.74. The van der Waals surface area contributed by atoms with Crippen molar-refractivity contribution in [3.8, 4) is 5.69 Å². The first-order valence-corrected chi connectivity index (χ1v) is 11.2. The number of para-hydroxylation sites is 1. The Hall–Kier alpha value is -2.80. The molecule has 0 spiro atoms. The Morgan fingerprint density at radius 1 is 1.19 bits per heavy atom. The van der Waals surface area contributed by atoms with Gasteiger partial charge in [-0.25, -0.2) is 4.79 Å². The van der Waals surface area contributed by atoms with E-state index in [0.717, 1.165) is 45.7 Å². The summed E-state index contributed by atoms with van der Waals surface area (Å²) < 4.78 is 7.17. The highest BCUT2D eigenvalue weighted by Crippen LogP contribution is 2.35. The number of carbonyl (C=O) groups excluding carboxylic acids is 3. The standard InChI is InChI=1S/C24H28N2O4S/c1-7-18-11-9-10-14(3)21(18)25-15(4)12-19(16(25)5)13-20-22(27)26(24(29)31-20)17(6)23(28)30-8-2/h9-13,17H,7-8H2,1-6H3/b20-13+/t17-/m1/s1. The normalized spacial score (nSPS) is 16.3. The van der Waals surface area contributed by atoms with Crippen molar-refractivity contribution in [1.29, 1.82) is 0 Å². The van der Waals surface area contributed by atoms with Crippen LogP contribution in [-0.4, -0.2) is 39.2 Å². The fourth-order valence-corrected chi connectivity index (χ4v) is 4.83. The van der Waals surface area contributed by atoms with Crippen LogP contribution in [0.15, 0.2) is 29.2 Å². The lowest BCUT2D eigenvalue weighted by molar-refractivity contribution is -0.150. The minimum absolute atomic E-state index is 0.194. The summed E-state index contributed by atoms with van der Waals surface area (Å²) in [7, 11) is 0. The van der Waals surface area contributed by atoms with E-state index in [2.05, 4.69) is 36.6 Å². The zero-order chi connectivity index (χ0) is 22.9. The molecule has 1 aliphatic rings. The minimum atomic E-state index is -0.954. The van der Waals surface area contributed by atoms with Gasteiger partial charge in [0, 0.05) is 11.4 Å². The molecule has 1 fully saturated rings. The predicted molar refractivity (Wildman–Crippen MR) is 123 cm³/mol. The van der Waals surface area contributed by atoms with E-state index in [1.807, 2.05) is 19.9 Å². The molecule has 3 rings (SSSR count). The molecule has 2 aromatic rings. The molecule has 1 aromatic carbocycles. The molecule has 0 bridgehead atoms. The summed E-state index contributed by atoms with van der Waals surface area (Å²) >= 11 is 0.852. The van der Waals surface area contributed by atoms with Crippen molar-refractivity contribution >= 4 is 35.0 Å². The van der Waals surface area contributed by atoms with Gasteiger partial charge >= 0.3 is 5.97 Å². The number of thioether (sulfide) groups is 1. The van der Waals surface area contributed by atoms with Crippen LogP contribution in [0.25, 0.3) is 11.8 Å². The molecule has 31 heavy (non-hydrogen) atoms. The first-order chi connectivity index (χ1) is 14.7. The Morgan fingerprint density at radius 2 is 1.90 bits per heavy atom. The number of ether oxygens (including phenoxy) is 1. The lowest BCUT2D eigenvalue weighted by Gasteiger charge is -2.19. The zero-order valence-corrected chi connectivity index (χ0v) is 19.6. The van der Waals surface area contributed by atoms with E-state index in [4.69, 9.17) is 4.74 Å². The zero-order valence-electron chi connectivity index (χ0n) is 18.8. The molecule has 2 amide bonds. The van der Waals surface area contributed by atoms with Gasteiger partial charge in [0.2, 0.25) is 0 Å². The van der Waals surface area contributed by atoms with Crippen molar-refractivity contribution < 1.29 is 19.1 Å². The molecular formula is C24H28N2O4S. The molecule has 1 saturated heterocycles. The monoisotopic (exact) mass is 440 g/mol. The Balaban J connectivity index is 2.00. The third-order valence-electron chi connectivity index (χ3n) is 5.52. The summed E-state index contributed by atoms with van der Waals surface area (Å²) in [6.07, 6.45) is 2.65. The molecule has 1 aliphatic heterocycles. The van der Waals surface area contributed by atoms with Crippen molar-refractivity contribution in [1.82, 2.24) is 9.47 Å². The van der Waals surface area contributed by atoms with Crippen molar-refractivity contribution in [3.05, 3.63) is 57.2 Å². The number of aromatic nitrogens is 1. The van der Waals surface area contributed by atoms with E-state index in [1.165, 1.54) is 18.1 Å². The highest BCUT2D eigenvalue weighted by molar-refractivity contribution is 8.18. The van der Waals surface area contributed by atoms with Crippen molar-refractivity contribution in [2.45, 2.75) is 54.0 Å². The van der Waals surface area contributed by atoms with E-state index >= 15 is 0 Å². The number of rotatable bonds is 6. The van der Waals surface area contributed by atoms with Gasteiger partial charge in [0.15, 0.2) is 0 Å². The first kappa shape index (κ1) is 22.9. The van der Waals surface area contributed by atoms with Gasteiger partial charge in [0.1, 0.15) is 6.04 Å². The Labute approximate surface area is 187 Å². The molecule has 0 saturated carbocycles. The number of hydrogen-bond donors (Lipinski definition) is 0. The van der Waals surface area contributed by atoms with Gasteiger partial charge in [-0.3, -0.25) is 14.5 Å². The van der Waals surface area contributed by atoms with Crippen molar-refractivity contribution in [2.75, 3.05) is 6.61 Å². The van der Waals surface area contributed by atoms with Gasteiger partial charge in [-0.05, 0) is 81.6 Å². The maximum absolute atomic E-state index is 12.9. The number of esters is 1. The lowest BCUT2D eigenvalue weighted by atomic mass is 10.1. The van der Waals surface area contributed by atoms with Crippen LogP contribution < -0.4 is 0 Å². The third kappa shape index (κ3) is 4.19. The summed E-state index contributed by atoms with van der Waals surface area (Å²) in [4.78, 5) is 38.7. The van der Waals surface area contributed by atoms with Crippen LogP contribution in [0.1, 0.15) is 48.8 Å². The highest BCUT2D eigenvalue weighted by atomic mass is 32.2. The highest BCUT2D eigenvalue weighted by Gasteiger charge is 2.41. The summed E-state index contributed by atoms with van der Waals surface area (Å²) in [5.74, 6) is -1.05. The molecule has 0 aliphatic carbocycles. The molecule has 1 aromatic heterocycles. The second-order valence-corrected chi connectivity index (χ2v) is 8.57. The van der Waals surface area contributed by atoms with Crippen LogP contribution in [0.5, 0.6) is 0 Å². The SMILES string of the molecule is CCOC(=O)[C@@H](C)N1C(=O)S/C(=C/c2cc(C)n(-c3c(C)cccc3CC)c2C)C1=O. The van der Waals surface area contributed by atoms with Gasteiger partial charge in [-0.15, -0.1) is 0 Å². The third-order valence-corrected chi connectivity index (χ3v) is 6.40. The number of benzene rings is 1. The van der Waals surface area contributed by atoms with E-state index in [9.17, 15) is 14.4 Å². The molecule has 6 nitrogen and oxygen atoms in total.